The molecule has 1 heterocycles. The van der Waals surface area contributed by atoms with E-state index in [1.54, 1.807) is 0 Å². The van der Waals surface area contributed by atoms with Crippen molar-refractivity contribution >= 4 is 21.8 Å². The molecule has 1 aliphatic heterocycles. The maximum absolute atomic E-state index is 13.9. The van der Waals surface area contributed by atoms with Gasteiger partial charge in [-0.3, -0.25) is 4.79 Å². The zero-order valence-electron chi connectivity index (χ0n) is 12.0. The van der Waals surface area contributed by atoms with Gasteiger partial charge in [0, 0.05) is 23.6 Å². The van der Waals surface area contributed by atoms with E-state index in [1.165, 1.54) is 4.90 Å². The fourth-order valence-electron chi connectivity index (χ4n) is 2.61. The largest absolute Gasteiger partial charge is 0.337 e. The molecule has 1 aromatic carbocycles. The van der Waals surface area contributed by atoms with Gasteiger partial charge < -0.3 is 10.2 Å². The molecule has 1 amide bonds. The molecule has 0 radical (unpaired) electrons. The Labute approximate surface area is 131 Å². The molecular formula is C15H19BrF2N2O. The second kappa shape index (κ2) is 7.31. The third kappa shape index (κ3) is 4.01. The van der Waals surface area contributed by atoms with Gasteiger partial charge in [0.2, 0.25) is 0 Å². The lowest BCUT2D eigenvalue weighted by molar-refractivity contribution is 0.0731. The Kier molecular flexibility index (Phi) is 5.70. The number of nitrogens with zero attached hydrogens (tertiary/aromatic N) is 1. The zero-order chi connectivity index (χ0) is 15.4. The van der Waals surface area contributed by atoms with E-state index in [-0.39, 0.29) is 10.5 Å². The summed E-state index contributed by atoms with van der Waals surface area (Å²) in [5, 5.41) is 3.34. The summed E-state index contributed by atoms with van der Waals surface area (Å²) in [6.07, 6.45) is 3.23. The molecule has 1 saturated heterocycles. The van der Waals surface area contributed by atoms with E-state index in [4.69, 9.17) is 0 Å². The molecule has 1 aliphatic rings. The van der Waals surface area contributed by atoms with Crippen molar-refractivity contribution in [2.24, 2.45) is 0 Å². The predicted molar refractivity (Wildman–Crippen MR) is 81.3 cm³/mol. The van der Waals surface area contributed by atoms with Crippen LogP contribution in [0.1, 0.15) is 36.5 Å². The normalized spacial score (nSPS) is 18.6. The Morgan fingerprint density at radius 1 is 1.38 bits per heavy atom. The van der Waals surface area contributed by atoms with Crippen LogP contribution in [0.5, 0.6) is 0 Å². The summed E-state index contributed by atoms with van der Waals surface area (Å²) < 4.78 is 28.1. The van der Waals surface area contributed by atoms with Crippen LogP contribution in [0, 0.1) is 11.6 Å². The van der Waals surface area contributed by atoms with Gasteiger partial charge in [0.25, 0.3) is 5.91 Å². The average molecular weight is 361 g/mol. The van der Waals surface area contributed by atoms with E-state index in [1.807, 2.05) is 6.92 Å². The van der Waals surface area contributed by atoms with E-state index in [0.29, 0.717) is 13.1 Å². The Hall–Kier alpha value is -1.01. The number of amides is 1. The molecule has 1 fully saturated rings. The molecule has 0 saturated carbocycles. The number of rotatable bonds is 4. The van der Waals surface area contributed by atoms with E-state index in [2.05, 4.69) is 21.2 Å². The molecule has 1 atom stereocenters. The lowest BCUT2D eigenvalue weighted by Gasteiger charge is -2.30. The highest BCUT2D eigenvalue weighted by Crippen LogP contribution is 2.21. The first-order valence-electron chi connectivity index (χ1n) is 7.20. The van der Waals surface area contributed by atoms with Gasteiger partial charge in [-0.2, -0.15) is 0 Å². The molecule has 3 nitrogen and oxygen atoms in total. The molecule has 0 aromatic heterocycles. The number of hydrogen-bond acceptors (Lipinski definition) is 2. The monoisotopic (exact) mass is 360 g/mol. The highest BCUT2D eigenvalue weighted by atomic mass is 79.9. The third-order valence-corrected chi connectivity index (χ3v) is 4.20. The fourth-order valence-corrected chi connectivity index (χ4v) is 3.01. The number of carbonyl (C=O) groups is 1. The molecule has 1 unspecified atom stereocenters. The predicted octanol–water partition coefficient (Wildman–Crippen LogP) is 3.33. The topological polar surface area (TPSA) is 32.3 Å². The van der Waals surface area contributed by atoms with Crippen LogP contribution in [0.15, 0.2) is 16.6 Å². The van der Waals surface area contributed by atoms with Gasteiger partial charge >= 0.3 is 0 Å². The van der Waals surface area contributed by atoms with Crippen molar-refractivity contribution in [2.45, 2.75) is 32.2 Å². The molecule has 0 bridgehead atoms. The number of halogens is 3. The summed E-state index contributed by atoms with van der Waals surface area (Å²) >= 11 is 3.02. The maximum atomic E-state index is 13.9. The van der Waals surface area contributed by atoms with Gasteiger partial charge in [-0.15, -0.1) is 0 Å². The van der Waals surface area contributed by atoms with Crippen LogP contribution in [0.25, 0.3) is 0 Å². The maximum Gasteiger partial charge on any atom is 0.259 e. The Morgan fingerprint density at radius 3 is 2.57 bits per heavy atom. The first-order valence-corrected chi connectivity index (χ1v) is 7.99. The van der Waals surface area contributed by atoms with E-state index in [9.17, 15) is 13.6 Å². The molecule has 1 aromatic rings. The van der Waals surface area contributed by atoms with Gasteiger partial charge in [-0.05, 0) is 38.4 Å². The number of likely N-dealkylation sites (N-methyl/N-ethyl adjacent to an activating group) is 1. The Balaban J connectivity index is 2.16. The van der Waals surface area contributed by atoms with E-state index < -0.39 is 23.1 Å². The van der Waals surface area contributed by atoms with Crippen molar-refractivity contribution in [2.75, 3.05) is 19.6 Å². The molecule has 1 N–H and O–H groups in total. The second-order valence-electron chi connectivity index (χ2n) is 5.24. The average Bonchev–Trinajstić information content (AvgIpc) is 2.44. The molecule has 116 valence electrons. The SMILES string of the molecule is CCN(CC1CCCCN1)C(=O)c1c(F)cc(Br)cc1F. The van der Waals surface area contributed by atoms with Crippen molar-refractivity contribution in [1.29, 1.82) is 0 Å². The summed E-state index contributed by atoms with van der Waals surface area (Å²) in [6.45, 7) is 3.64. The minimum Gasteiger partial charge on any atom is -0.337 e. The first kappa shape index (κ1) is 16.4. The number of benzene rings is 1. The zero-order valence-corrected chi connectivity index (χ0v) is 13.6. The first-order chi connectivity index (χ1) is 10.0. The van der Waals surface area contributed by atoms with Crippen molar-refractivity contribution in [3.05, 3.63) is 33.8 Å². The highest BCUT2D eigenvalue weighted by molar-refractivity contribution is 9.10. The van der Waals surface area contributed by atoms with E-state index >= 15 is 0 Å². The van der Waals surface area contributed by atoms with Crippen LogP contribution in [0.3, 0.4) is 0 Å². The molecule has 0 spiro atoms. The highest BCUT2D eigenvalue weighted by Gasteiger charge is 2.25. The lowest BCUT2D eigenvalue weighted by Crippen LogP contribution is -2.46. The number of nitrogens with one attached hydrogen (secondary N) is 1. The Morgan fingerprint density at radius 2 is 2.05 bits per heavy atom. The van der Waals surface area contributed by atoms with Gasteiger partial charge in [0.15, 0.2) is 0 Å². The smallest absolute Gasteiger partial charge is 0.259 e. The van der Waals surface area contributed by atoms with Crippen molar-refractivity contribution < 1.29 is 13.6 Å². The standard InChI is InChI=1S/C15H19BrF2N2O/c1-2-20(9-11-5-3-4-6-19-11)15(21)14-12(17)7-10(16)8-13(14)18/h7-8,11,19H,2-6,9H2,1H3. The summed E-state index contributed by atoms with van der Waals surface area (Å²) in [7, 11) is 0. The molecule has 6 heteroatoms. The summed E-state index contributed by atoms with van der Waals surface area (Å²) in [5.74, 6) is -2.25. The molecule has 21 heavy (non-hydrogen) atoms. The van der Waals surface area contributed by atoms with Crippen LogP contribution < -0.4 is 5.32 Å². The number of piperidine rings is 1. The Bertz CT molecular complexity index is 495. The summed E-state index contributed by atoms with van der Waals surface area (Å²) in [4.78, 5) is 13.9. The van der Waals surface area contributed by atoms with Gasteiger partial charge in [-0.1, -0.05) is 22.4 Å². The van der Waals surface area contributed by atoms with Crippen LogP contribution >= 0.6 is 15.9 Å². The van der Waals surface area contributed by atoms with Gasteiger partial charge in [0.1, 0.15) is 17.2 Å². The van der Waals surface area contributed by atoms with Gasteiger partial charge in [0.05, 0.1) is 0 Å². The minimum atomic E-state index is -0.832. The quantitative estimate of drug-likeness (QED) is 0.892. The van der Waals surface area contributed by atoms with Crippen molar-refractivity contribution in [1.82, 2.24) is 10.2 Å². The van der Waals surface area contributed by atoms with E-state index in [0.717, 1.165) is 37.9 Å². The number of carbonyl (C=O) groups excluding carboxylic acids is 1. The molecular weight excluding hydrogens is 342 g/mol. The minimum absolute atomic E-state index is 0.198. The van der Waals surface area contributed by atoms with Crippen LogP contribution in [0.2, 0.25) is 0 Å². The summed E-state index contributed by atoms with van der Waals surface area (Å²) in [6, 6.07) is 2.43. The van der Waals surface area contributed by atoms with Crippen LogP contribution in [-0.2, 0) is 0 Å². The van der Waals surface area contributed by atoms with Crippen LogP contribution in [0.4, 0.5) is 8.78 Å². The van der Waals surface area contributed by atoms with Crippen molar-refractivity contribution in [3.63, 3.8) is 0 Å². The lowest BCUT2D eigenvalue weighted by atomic mass is 10.0. The number of hydrogen-bond donors (Lipinski definition) is 1. The summed E-state index contributed by atoms with van der Waals surface area (Å²) in [5.41, 5.74) is -0.476. The van der Waals surface area contributed by atoms with Crippen molar-refractivity contribution in [3.8, 4) is 0 Å². The fraction of sp³-hybridized carbons (Fsp3) is 0.533. The van der Waals surface area contributed by atoms with Gasteiger partial charge in [-0.25, -0.2) is 8.78 Å². The second-order valence-corrected chi connectivity index (χ2v) is 6.15. The molecule has 0 aliphatic carbocycles. The van der Waals surface area contributed by atoms with Crippen LogP contribution in [-0.4, -0.2) is 36.5 Å². The molecule has 2 rings (SSSR count). The third-order valence-electron chi connectivity index (χ3n) is 3.74.